The molecule has 0 spiro atoms. The van der Waals surface area contributed by atoms with Gasteiger partial charge in [-0.3, -0.25) is 4.68 Å². The summed E-state index contributed by atoms with van der Waals surface area (Å²) in [7, 11) is 1.91. The zero-order chi connectivity index (χ0) is 13.3. The number of aromatic nitrogens is 2. The molecule has 1 N–H and O–H groups in total. The van der Waals surface area contributed by atoms with Crippen LogP contribution in [0, 0.1) is 6.92 Å². The van der Waals surface area contributed by atoms with Gasteiger partial charge in [-0.15, -0.1) is 0 Å². The van der Waals surface area contributed by atoms with Gasteiger partial charge in [0.15, 0.2) is 0 Å². The minimum absolute atomic E-state index is 0.623. The lowest BCUT2D eigenvalue weighted by Crippen LogP contribution is -2.06. The first-order valence-corrected chi connectivity index (χ1v) is 6.91. The van der Waals surface area contributed by atoms with E-state index in [0.29, 0.717) is 16.6 Å². The molecule has 0 atom stereocenters. The third-order valence-electron chi connectivity index (χ3n) is 2.64. The third kappa shape index (κ3) is 2.82. The number of anilines is 1. The quantitative estimate of drug-likeness (QED) is 0.890. The highest BCUT2D eigenvalue weighted by Crippen LogP contribution is 2.27. The van der Waals surface area contributed by atoms with Crippen LogP contribution in [0.2, 0.25) is 10.0 Å². The van der Waals surface area contributed by atoms with Gasteiger partial charge in [0.2, 0.25) is 0 Å². The number of halogens is 3. The molecule has 18 heavy (non-hydrogen) atoms. The van der Waals surface area contributed by atoms with Crippen LogP contribution in [0.1, 0.15) is 11.4 Å². The summed E-state index contributed by atoms with van der Waals surface area (Å²) in [5, 5.41) is 8.89. The molecule has 0 bridgehead atoms. The van der Waals surface area contributed by atoms with Crippen molar-refractivity contribution in [3.8, 4) is 0 Å². The van der Waals surface area contributed by atoms with Crippen molar-refractivity contribution in [1.82, 2.24) is 9.78 Å². The second-order valence-electron chi connectivity index (χ2n) is 3.95. The molecule has 3 nitrogen and oxygen atoms in total. The van der Waals surface area contributed by atoms with E-state index in [0.717, 1.165) is 21.5 Å². The lowest BCUT2D eigenvalue weighted by molar-refractivity contribution is 0.712. The molecule has 0 unspecified atom stereocenters. The molecule has 0 aliphatic carbocycles. The van der Waals surface area contributed by atoms with Gasteiger partial charge in [-0.2, -0.15) is 5.10 Å². The first kappa shape index (κ1) is 13.7. The second-order valence-corrected chi connectivity index (χ2v) is 5.58. The smallest absolute Gasteiger partial charge is 0.0739 e. The first-order valence-electron chi connectivity index (χ1n) is 5.36. The summed E-state index contributed by atoms with van der Waals surface area (Å²) >= 11 is 15.6. The van der Waals surface area contributed by atoms with Crippen molar-refractivity contribution in [3.63, 3.8) is 0 Å². The van der Waals surface area contributed by atoms with Crippen LogP contribution in [0.3, 0.4) is 0 Å². The maximum absolute atomic E-state index is 6.09. The monoisotopic (exact) mass is 347 g/mol. The van der Waals surface area contributed by atoms with Crippen molar-refractivity contribution in [3.05, 3.63) is 44.1 Å². The number of hydrogen-bond acceptors (Lipinski definition) is 2. The van der Waals surface area contributed by atoms with Crippen LogP contribution in [0.5, 0.6) is 0 Å². The van der Waals surface area contributed by atoms with Gasteiger partial charge in [0, 0.05) is 12.1 Å². The lowest BCUT2D eigenvalue weighted by atomic mass is 10.3. The Kier molecular flexibility index (Phi) is 4.20. The lowest BCUT2D eigenvalue weighted by Gasteiger charge is -2.09. The van der Waals surface area contributed by atoms with Crippen LogP contribution in [0.4, 0.5) is 5.69 Å². The number of benzene rings is 1. The number of aryl methyl sites for hydroxylation is 2. The van der Waals surface area contributed by atoms with Crippen LogP contribution < -0.4 is 5.32 Å². The Balaban J connectivity index is 2.19. The van der Waals surface area contributed by atoms with E-state index >= 15 is 0 Å². The Labute approximate surface area is 124 Å². The highest BCUT2D eigenvalue weighted by Gasteiger charge is 2.10. The van der Waals surface area contributed by atoms with Gasteiger partial charge < -0.3 is 5.32 Å². The first-order chi connectivity index (χ1) is 8.49. The molecule has 96 valence electrons. The summed E-state index contributed by atoms with van der Waals surface area (Å²) in [6.45, 7) is 2.58. The summed E-state index contributed by atoms with van der Waals surface area (Å²) in [4.78, 5) is 0. The number of rotatable bonds is 3. The largest absolute Gasteiger partial charge is 0.378 e. The maximum atomic E-state index is 6.09. The molecule has 0 aliphatic rings. The highest BCUT2D eigenvalue weighted by atomic mass is 79.9. The Bertz CT molecular complexity index is 581. The van der Waals surface area contributed by atoms with E-state index in [9.17, 15) is 0 Å². The Hall–Kier alpha value is -0.710. The average molecular weight is 349 g/mol. The summed E-state index contributed by atoms with van der Waals surface area (Å²) in [6, 6.07) is 5.34. The van der Waals surface area contributed by atoms with E-state index in [1.165, 1.54) is 0 Å². The summed E-state index contributed by atoms with van der Waals surface area (Å²) in [5.74, 6) is 0. The normalized spacial score (nSPS) is 10.7. The van der Waals surface area contributed by atoms with E-state index in [1.807, 2.05) is 18.7 Å². The minimum Gasteiger partial charge on any atom is -0.378 e. The molecular formula is C12H12BrCl2N3. The Morgan fingerprint density at radius 3 is 2.72 bits per heavy atom. The van der Waals surface area contributed by atoms with Crippen molar-refractivity contribution in [2.24, 2.45) is 7.05 Å². The molecule has 0 radical (unpaired) electrons. The van der Waals surface area contributed by atoms with E-state index in [-0.39, 0.29) is 0 Å². The van der Waals surface area contributed by atoms with Gasteiger partial charge in [-0.1, -0.05) is 23.2 Å². The second kappa shape index (κ2) is 5.51. The Morgan fingerprint density at radius 1 is 1.39 bits per heavy atom. The fourth-order valence-corrected chi connectivity index (χ4v) is 2.52. The van der Waals surface area contributed by atoms with Gasteiger partial charge in [-0.05, 0) is 41.1 Å². The van der Waals surface area contributed by atoms with Crippen molar-refractivity contribution in [2.75, 3.05) is 5.32 Å². The van der Waals surface area contributed by atoms with Gasteiger partial charge in [0.05, 0.1) is 33.1 Å². The van der Waals surface area contributed by atoms with E-state index < -0.39 is 0 Å². The van der Waals surface area contributed by atoms with Crippen LogP contribution in [0.15, 0.2) is 22.7 Å². The molecule has 2 rings (SSSR count). The molecule has 1 heterocycles. The van der Waals surface area contributed by atoms with Crippen molar-refractivity contribution < 1.29 is 0 Å². The maximum Gasteiger partial charge on any atom is 0.0739 e. The zero-order valence-electron chi connectivity index (χ0n) is 9.97. The van der Waals surface area contributed by atoms with Gasteiger partial charge in [0.1, 0.15) is 0 Å². The Morgan fingerprint density at radius 2 is 2.11 bits per heavy atom. The minimum atomic E-state index is 0.623. The molecule has 0 aliphatic heterocycles. The summed E-state index contributed by atoms with van der Waals surface area (Å²) in [5.41, 5.74) is 2.84. The molecule has 0 fully saturated rings. The predicted molar refractivity (Wildman–Crippen MR) is 79.4 cm³/mol. The fourth-order valence-electron chi connectivity index (χ4n) is 1.68. The van der Waals surface area contributed by atoms with Crippen LogP contribution in [0.25, 0.3) is 0 Å². The van der Waals surface area contributed by atoms with Crippen LogP contribution >= 0.6 is 39.1 Å². The molecular weight excluding hydrogens is 337 g/mol. The topological polar surface area (TPSA) is 29.9 Å². The SMILES string of the molecule is Cc1nn(C)c(CNc2cc(Cl)ccc2Cl)c1Br. The third-order valence-corrected chi connectivity index (χ3v) is 4.23. The summed E-state index contributed by atoms with van der Waals surface area (Å²) < 4.78 is 2.85. The van der Waals surface area contributed by atoms with E-state index in [1.54, 1.807) is 18.2 Å². The molecule has 0 amide bonds. The van der Waals surface area contributed by atoms with E-state index in [2.05, 4.69) is 26.3 Å². The fraction of sp³-hybridized carbons (Fsp3) is 0.250. The molecule has 0 saturated heterocycles. The average Bonchev–Trinajstić information content (AvgIpc) is 2.55. The van der Waals surface area contributed by atoms with Crippen molar-refractivity contribution in [1.29, 1.82) is 0 Å². The van der Waals surface area contributed by atoms with Crippen molar-refractivity contribution >= 4 is 44.8 Å². The number of hydrogen-bond donors (Lipinski definition) is 1. The standard InChI is InChI=1S/C12H12BrCl2N3/c1-7-12(13)11(18(2)17-7)6-16-10-5-8(14)3-4-9(10)15/h3-5,16H,6H2,1-2H3. The summed E-state index contributed by atoms with van der Waals surface area (Å²) in [6.07, 6.45) is 0. The predicted octanol–water partition coefficient (Wildman–Crippen LogP) is 4.41. The molecule has 0 saturated carbocycles. The molecule has 6 heteroatoms. The van der Waals surface area contributed by atoms with Gasteiger partial charge >= 0.3 is 0 Å². The van der Waals surface area contributed by atoms with Crippen LogP contribution in [-0.2, 0) is 13.6 Å². The van der Waals surface area contributed by atoms with E-state index in [4.69, 9.17) is 23.2 Å². The van der Waals surface area contributed by atoms with Crippen molar-refractivity contribution in [2.45, 2.75) is 13.5 Å². The van der Waals surface area contributed by atoms with Crippen LogP contribution in [-0.4, -0.2) is 9.78 Å². The van der Waals surface area contributed by atoms with Gasteiger partial charge in [0.25, 0.3) is 0 Å². The zero-order valence-corrected chi connectivity index (χ0v) is 13.1. The van der Waals surface area contributed by atoms with Gasteiger partial charge in [-0.25, -0.2) is 0 Å². The number of nitrogens with one attached hydrogen (secondary N) is 1. The number of nitrogens with zero attached hydrogens (tertiary/aromatic N) is 2. The molecule has 1 aromatic carbocycles. The highest BCUT2D eigenvalue weighted by molar-refractivity contribution is 9.10. The molecule has 2 aromatic rings. The molecule has 1 aromatic heterocycles.